The molecule has 1 heterocycles. The van der Waals surface area contributed by atoms with E-state index in [9.17, 15) is 14.7 Å². The van der Waals surface area contributed by atoms with Crippen LogP contribution in [0.15, 0.2) is 48.5 Å². The molecule has 0 saturated carbocycles. The van der Waals surface area contributed by atoms with Crippen LogP contribution in [0.2, 0.25) is 0 Å². The summed E-state index contributed by atoms with van der Waals surface area (Å²) in [5.74, 6) is 0.288. The van der Waals surface area contributed by atoms with Gasteiger partial charge in [0.15, 0.2) is 0 Å². The molecule has 190 valence electrons. The number of aliphatic hydroxyl groups is 1. The number of nitrogens with zero attached hydrogens (tertiary/aromatic N) is 2. The van der Waals surface area contributed by atoms with Crippen molar-refractivity contribution in [1.82, 2.24) is 15.1 Å². The first kappa shape index (κ1) is 26.5. The molecule has 0 saturated heterocycles. The van der Waals surface area contributed by atoms with Gasteiger partial charge in [-0.15, -0.1) is 0 Å². The largest absolute Gasteiger partial charge is 0.488 e. The van der Waals surface area contributed by atoms with Crippen LogP contribution in [0.3, 0.4) is 0 Å². The van der Waals surface area contributed by atoms with Crippen molar-refractivity contribution in [3.8, 4) is 5.75 Å². The Morgan fingerprint density at radius 1 is 1.20 bits per heavy atom. The lowest BCUT2D eigenvalue weighted by Gasteiger charge is -2.38. The Labute approximate surface area is 208 Å². The monoisotopic (exact) mass is 482 g/mol. The highest BCUT2D eigenvalue weighted by atomic mass is 16.5. The zero-order chi connectivity index (χ0) is 25.5. The maximum atomic E-state index is 13.5. The highest BCUT2D eigenvalue weighted by Gasteiger charge is 2.33. The zero-order valence-electron chi connectivity index (χ0n) is 21.3. The zero-order valence-corrected chi connectivity index (χ0v) is 21.3. The minimum Gasteiger partial charge on any atom is -0.488 e. The van der Waals surface area contributed by atoms with Gasteiger partial charge in [0.1, 0.15) is 11.9 Å². The summed E-state index contributed by atoms with van der Waals surface area (Å²) < 4.78 is 6.43. The molecule has 3 N–H and O–H groups in total. The van der Waals surface area contributed by atoms with E-state index in [0.717, 1.165) is 6.54 Å². The quantitative estimate of drug-likeness (QED) is 0.535. The summed E-state index contributed by atoms with van der Waals surface area (Å²) >= 11 is 0. The number of hydrogen-bond donors (Lipinski definition) is 3. The molecule has 3 atom stereocenters. The standard InChI is InChI=1S/C27H38N4O4/c1-18(2)28-27(34)29-22-11-12-24-23(13-22)26(33)31(20(4)17-32)14-19(3)25(35-24)16-30(5)15-21-9-7-6-8-10-21/h6-13,18-20,25,32H,14-17H2,1-5H3,(H2,28,29,34)/t19-,20-,25-/m0/s1. The van der Waals surface area contributed by atoms with Crippen molar-refractivity contribution >= 4 is 17.6 Å². The van der Waals surface area contributed by atoms with E-state index in [1.54, 1.807) is 23.1 Å². The van der Waals surface area contributed by atoms with E-state index >= 15 is 0 Å². The topological polar surface area (TPSA) is 94.1 Å². The van der Waals surface area contributed by atoms with Gasteiger partial charge in [0.25, 0.3) is 5.91 Å². The van der Waals surface area contributed by atoms with E-state index in [4.69, 9.17) is 4.74 Å². The molecule has 0 aromatic heterocycles. The van der Waals surface area contributed by atoms with Crippen molar-refractivity contribution in [3.63, 3.8) is 0 Å². The second-order valence-electron chi connectivity index (χ2n) is 9.77. The van der Waals surface area contributed by atoms with E-state index < -0.39 is 0 Å². The minimum atomic E-state index is -0.348. The third kappa shape index (κ3) is 7.19. The molecule has 3 amide bonds. The fourth-order valence-corrected chi connectivity index (χ4v) is 4.21. The van der Waals surface area contributed by atoms with Crippen LogP contribution >= 0.6 is 0 Å². The number of nitrogens with one attached hydrogen (secondary N) is 2. The van der Waals surface area contributed by atoms with Gasteiger partial charge in [0.05, 0.1) is 18.2 Å². The Morgan fingerprint density at radius 2 is 1.91 bits per heavy atom. The number of ether oxygens (including phenoxy) is 1. The van der Waals surface area contributed by atoms with Gasteiger partial charge in [0, 0.05) is 37.3 Å². The summed E-state index contributed by atoms with van der Waals surface area (Å²) in [7, 11) is 2.06. The lowest BCUT2D eigenvalue weighted by Crippen LogP contribution is -2.49. The first-order valence-corrected chi connectivity index (χ1v) is 12.2. The van der Waals surface area contributed by atoms with E-state index in [1.165, 1.54) is 5.56 Å². The molecule has 3 rings (SSSR count). The first-order valence-electron chi connectivity index (χ1n) is 12.2. The number of urea groups is 1. The molecule has 8 nitrogen and oxygen atoms in total. The number of amides is 3. The normalized spacial score (nSPS) is 19.0. The maximum Gasteiger partial charge on any atom is 0.319 e. The number of likely N-dealkylation sites (N-methyl/N-ethyl adjacent to an activating group) is 1. The molecule has 1 aliphatic rings. The molecule has 0 radical (unpaired) electrons. The van der Waals surface area contributed by atoms with Gasteiger partial charge in [-0.1, -0.05) is 37.3 Å². The van der Waals surface area contributed by atoms with E-state index in [1.807, 2.05) is 39.0 Å². The van der Waals surface area contributed by atoms with Crippen LogP contribution in [0, 0.1) is 5.92 Å². The second kappa shape index (κ2) is 12.0. The third-order valence-electron chi connectivity index (χ3n) is 6.13. The average molecular weight is 483 g/mol. The van der Waals surface area contributed by atoms with Gasteiger partial charge in [-0.2, -0.15) is 0 Å². The van der Waals surface area contributed by atoms with Gasteiger partial charge in [-0.05, 0) is 51.6 Å². The number of rotatable bonds is 8. The predicted molar refractivity (Wildman–Crippen MR) is 138 cm³/mol. The van der Waals surface area contributed by atoms with Crippen molar-refractivity contribution in [2.45, 2.75) is 52.4 Å². The molecule has 35 heavy (non-hydrogen) atoms. The molecule has 0 aliphatic carbocycles. The SMILES string of the molecule is CC(C)NC(=O)Nc1ccc2c(c1)C(=O)N([C@@H](C)CO)C[C@H](C)[C@H](CN(C)Cc1ccccc1)O2. The lowest BCUT2D eigenvalue weighted by molar-refractivity contribution is 0.0341. The van der Waals surface area contributed by atoms with Crippen molar-refractivity contribution in [3.05, 3.63) is 59.7 Å². The van der Waals surface area contributed by atoms with Gasteiger partial charge >= 0.3 is 6.03 Å². The van der Waals surface area contributed by atoms with Crippen molar-refractivity contribution in [1.29, 1.82) is 0 Å². The Bertz CT molecular complexity index is 998. The molecule has 0 fully saturated rings. The van der Waals surface area contributed by atoms with Crippen molar-refractivity contribution in [2.75, 3.05) is 32.1 Å². The van der Waals surface area contributed by atoms with Crippen LogP contribution in [-0.4, -0.2) is 71.8 Å². The summed E-state index contributed by atoms with van der Waals surface area (Å²) in [5.41, 5.74) is 2.09. The third-order valence-corrected chi connectivity index (χ3v) is 6.13. The van der Waals surface area contributed by atoms with Crippen LogP contribution in [0.4, 0.5) is 10.5 Å². The Hall–Kier alpha value is -3.10. The van der Waals surface area contributed by atoms with Crippen molar-refractivity contribution < 1.29 is 19.4 Å². The number of hydrogen-bond acceptors (Lipinski definition) is 5. The molecule has 0 spiro atoms. The van der Waals surface area contributed by atoms with Gasteiger partial charge in [-0.3, -0.25) is 9.69 Å². The Kier molecular flexibility index (Phi) is 9.12. The van der Waals surface area contributed by atoms with Crippen LogP contribution < -0.4 is 15.4 Å². The number of benzene rings is 2. The average Bonchev–Trinajstić information content (AvgIpc) is 2.81. The summed E-state index contributed by atoms with van der Waals surface area (Å²) in [6.45, 7) is 9.43. The van der Waals surface area contributed by atoms with Gasteiger partial charge < -0.3 is 25.4 Å². The molecule has 1 aliphatic heterocycles. The summed E-state index contributed by atoms with van der Waals surface area (Å²) in [5, 5.41) is 15.4. The van der Waals surface area contributed by atoms with Crippen LogP contribution in [0.25, 0.3) is 0 Å². The summed E-state index contributed by atoms with van der Waals surface area (Å²) in [6.07, 6.45) is -0.174. The maximum absolute atomic E-state index is 13.5. The Morgan fingerprint density at radius 3 is 2.57 bits per heavy atom. The Balaban J connectivity index is 1.87. The molecule has 2 aromatic rings. The highest BCUT2D eigenvalue weighted by Crippen LogP contribution is 2.30. The van der Waals surface area contributed by atoms with E-state index in [0.29, 0.717) is 30.1 Å². The van der Waals surface area contributed by atoms with Gasteiger partial charge in [-0.25, -0.2) is 4.79 Å². The van der Waals surface area contributed by atoms with E-state index in [2.05, 4.69) is 41.6 Å². The second-order valence-corrected chi connectivity index (χ2v) is 9.77. The predicted octanol–water partition coefficient (Wildman–Crippen LogP) is 3.57. The number of carbonyl (C=O) groups is 2. The number of anilines is 1. The fourth-order valence-electron chi connectivity index (χ4n) is 4.21. The number of carbonyl (C=O) groups excluding carboxylic acids is 2. The van der Waals surface area contributed by atoms with Crippen LogP contribution in [0.5, 0.6) is 5.75 Å². The lowest BCUT2D eigenvalue weighted by atomic mass is 9.99. The first-order chi connectivity index (χ1) is 16.7. The highest BCUT2D eigenvalue weighted by molar-refractivity contribution is 5.99. The summed E-state index contributed by atoms with van der Waals surface area (Å²) in [6, 6.07) is 14.7. The molecule has 2 aromatic carbocycles. The smallest absolute Gasteiger partial charge is 0.319 e. The minimum absolute atomic E-state index is 0.0136. The fraction of sp³-hybridized carbons (Fsp3) is 0.481. The van der Waals surface area contributed by atoms with E-state index in [-0.39, 0.29) is 42.7 Å². The molecular weight excluding hydrogens is 444 g/mol. The number of aliphatic hydroxyl groups excluding tert-OH is 1. The van der Waals surface area contributed by atoms with Crippen molar-refractivity contribution in [2.24, 2.45) is 5.92 Å². The molecule has 0 unspecified atom stereocenters. The van der Waals surface area contributed by atoms with Crippen LogP contribution in [-0.2, 0) is 6.54 Å². The molecule has 0 bridgehead atoms. The number of fused-ring (bicyclic) bond motifs is 1. The molecular formula is C27H38N4O4. The molecule has 8 heteroatoms. The summed E-state index contributed by atoms with van der Waals surface area (Å²) in [4.78, 5) is 29.6. The van der Waals surface area contributed by atoms with Crippen LogP contribution in [0.1, 0.15) is 43.6 Å². The van der Waals surface area contributed by atoms with Gasteiger partial charge in [0.2, 0.25) is 0 Å².